The second-order valence-electron chi connectivity index (χ2n) is 4.15. The quantitative estimate of drug-likeness (QED) is 0.491. The highest BCUT2D eigenvalue weighted by Crippen LogP contribution is 2.35. The second kappa shape index (κ2) is 5.99. The topological polar surface area (TPSA) is 110 Å². The van der Waals surface area contributed by atoms with Crippen molar-refractivity contribution >= 4 is 44.6 Å². The van der Waals surface area contributed by atoms with Crippen LogP contribution in [0, 0.1) is 10.1 Å². The minimum absolute atomic E-state index is 0.0132. The molecule has 0 aromatic heterocycles. The van der Waals surface area contributed by atoms with Gasteiger partial charge in [0.2, 0.25) is 0 Å². The monoisotopic (exact) mass is 362 g/mol. The minimum Gasteiger partial charge on any atom is -0.505 e. The van der Waals surface area contributed by atoms with E-state index in [-0.39, 0.29) is 32.1 Å². The zero-order chi connectivity index (χ0) is 16.5. The third kappa shape index (κ3) is 3.41. The predicted molar refractivity (Wildman–Crippen MR) is 82.0 cm³/mol. The highest BCUT2D eigenvalue weighted by atomic mass is 35.5. The molecule has 7 nitrogen and oxygen atoms in total. The molecule has 0 atom stereocenters. The lowest BCUT2D eigenvalue weighted by molar-refractivity contribution is -0.385. The molecule has 0 saturated carbocycles. The molecule has 2 N–H and O–H groups in total. The van der Waals surface area contributed by atoms with Crippen molar-refractivity contribution < 1.29 is 18.4 Å². The van der Waals surface area contributed by atoms with Crippen molar-refractivity contribution in [2.75, 3.05) is 4.72 Å². The lowest BCUT2D eigenvalue weighted by Gasteiger charge is -2.10. The van der Waals surface area contributed by atoms with Crippen molar-refractivity contribution in [2.24, 2.45) is 0 Å². The van der Waals surface area contributed by atoms with Crippen molar-refractivity contribution in [3.63, 3.8) is 0 Å². The van der Waals surface area contributed by atoms with Crippen LogP contribution < -0.4 is 4.72 Å². The average Bonchev–Trinajstić information content (AvgIpc) is 2.44. The Labute approximate surface area is 135 Å². The van der Waals surface area contributed by atoms with Gasteiger partial charge in [-0.2, -0.15) is 0 Å². The van der Waals surface area contributed by atoms with Gasteiger partial charge in [0, 0.05) is 12.1 Å². The second-order valence-corrected chi connectivity index (χ2v) is 6.65. The Kier molecular flexibility index (Phi) is 4.45. The molecule has 22 heavy (non-hydrogen) atoms. The third-order valence-corrected chi connectivity index (χ3v) is 4.56. The Hall–Kier alpha value is -2.03. The fraction of sp³-hybridized carbons (Fsp3) is 0. The maximum atomic E-state index is 12.2. The molecule has 0 spiro atoms. The van der Waals surface area contributed by atoms with Gasteiger partial charge in [-0.25, -0.2) is 8.42 Å². The summed E-state index contributed by atoms with van der Waals surface area (Å²) < 4.78 is 26.6. The summed E-state index contributed by atoms with van der Waals surface area (Å²) in [4.78, 5) is 9.70. The highest BCUT2D eigenvalue weighted by Gasteiger charge is 2.19. The number of halogens is 2. The van der Waals surface area contributed by atoms with E-state index in [1.165, 1.54) is 18.2 Å². The number of hydrogen-bond acceptors (Lipinski definition) is 5. The van der Waals surface area contributed by atoms with Gasteiger partial charge >= 0.3 is 0 Å². The van der Waals surface area contributed by atoms with E-state index >= 15 is 0 Å². The largest absolute Gasteiger partial charge is 0.505 e. The number of phenolic OH excluding ortho intramolecular Hbond substituents is 1. The van der Waals surface area contributed by atoms with E-state index in [2.05, 4.69) is 4.72 Å². The fourth-order valence-corrected chi connectivity index (χ4v) is 3.17. The molecule has 0 heterocycles. The van der Waals surface area contributed by atoms with Gasteiger partial charge in [0.1, 0.15) is 0 Å². The molecule has 10 heteroatoms. The van der Waals surface area contributed by atoms with Gasteiger partial charge in [0.25, 0.3) is 15.7 Å². The van der Waals surface area contributed by atoms with Crippen LogP contribution >= 0.6 is 23.2 Å². The number of aromatic hydroxyl groups is 1. The van der Waals surface area contributed by atoms with Crippen molar-refractivity contribution in [3.8, 4) is 5.75 Å². The lowest BCUT2D eigenvalue weighted by atomic mass is 10.3. The van der Waals surface area contributed by atoms with Crippen molar-refractivity contribution in [2.45, 2.75) is 4.90 Å². The number of benzene rings is 2. The number of nitro groups is 1. The average molecular weight is 363 g/mol. The van der Waals surface area contributed by atoms with Gasteiger partial charge in [0.05, 0.1) is 25.6 Å². The van der Waals surface area contributed by atoms with Gasteiger partial charge in [0.15, 0.2) is 5.75 Å². The summed E-state index contributed by atoms with van der Waals surface area (Å²) in [5, 5.41) is 19.9. The predicted octanol–water partition coefficient (Wildman–Crippen LogP) is 3.41. The SMILES string of the molecule is O=[N+]([O-])c1cccc(S(=O)(=O)Nc2cc(Cl)c(O)c(Cl)c2)c1. The van der Waals surface area contributed by atoms with Crippen molar-refractivity contribution in [1.29, 1.82) is 0 Å². The van der Waals surface area contributed by atoms with Crippen LogP contribution in [0.2, 0.25) is 10.0 Å². The van der Waals surface area contributed by atoms with E-state index in [1.807, 2.05) is 0 Å². The number of nitro benzene ring substituents is 1. The van der Waals surface area contributed by atoms with E-state index in [0.717, 1.165) is 18.2 Å². The summed E-state index contributed by atoms with van der Waals surface area (Å²) in [5.74, 6) is -0.373. The standard InChI is InChI=1S/C12H8Cl2N2O5S/c13-10-4-7(5-11(14)12(10)17)15-22(20,21)9-3-1-2-8(6-9)16(18)19/h1-6,15,17H. The normalized spacial score (nSPS) is 11.2. The molecule has 116 valence electrons. The Bertz CT molecular complexity index is 831. The number of anilines is 1. The van der Waals surface area contributed by atoms with Crippen LogP contribution in [0.25, 0.3) is 0 Å². The minimum atomic E-state index is -4.07. The molecule has 0 radical (unpaired) electrons. The van der Waals surface area contributed by atoms with Crippen molar-refractivity contribution in [1.82, 2.24) is 0 Å². The molecule has 0 aliphatic heterocycles. The Morgan fingerprint density at radius 3 is 2.27 bits per heavy atom. The zero-order valence-corrected chi connectivity index (χ0v) is 13.0. The van der Waals surface area contributed by atoms with Crippen molar-refractivity contribution in [3.05, 3.63) is 56.6 Å². The number of hydrogen-bond donors (Lipinski definition) is 2. The van der Waals surface area contributed by atoms with Gasteiger partial charge < -0.3 is 5.11 Å². The summed E-state index contributed by atoms with van der Waals surface area (Å²) in [5.41, 5.74) is -0.344. The Balaban J connectivity index is 2.40. The lowest BCUT2D eigenvalue weighted by Crippen LogP contribution is -2.13. The first-order valence-corrected chi connectivity index (χ1v) is 7.90. The van der Waals surface area contributed by atoms with Crippen LogP contribution in [-0.2, 0) is 10.0 Å². The van der Waals surface area contributed by atoms with E-state index in [9.17, 15) is 23.6 Å². The first kappa shape index (κ1) is 16.3. The number of nitrogens with zero attached hydrogens (tertiary/aromatic N) is 1. The van der Waals surface area contributed by atoms with Crippen LogP contribution in [0.3, 0.4) is 0 Å². The van der Waals surface area contributed by atoms with Crippen LogP contribution in [0.4, 0.5) is 11.4 Å². The number of non-ortho nitro benzene ring substituents is 1. The van der Waals surface area contributed by atoms with Gasteiger partial charge in [-0.1, -0.05) is 29.3 Å². The summed E-state index contributed by atoms with van der Waals surface area (Å²) >= 11 is 11.4. The highest BCUT2D eigenvalue weighted by molar-refractivity contribution is 7.92. The molecule has 2 aromatic rings. The van der Waals surface area contributed by atoms with E-state index in [4.69, 9.17) is 23.2 Å². The maximum absolute atomic E-state index is 12.2. The van der Waals surface area contributed by atoms with Crippen LogP contribution in [-0.4, -0.2) is 18.4 Å². The molecular weight excluding hydrogens is 355 g/mol. The molecule has 0 unspecified atom stereocenters. The molecule has 2 aromatic carbocycles. The van der Waals surface area contributed by atoms with E-state index < -0.39 is 14.9 Å². The molecule has 2 rings (SSSR count). The smallest absolute Gasteiger partial charge is 0.270 e. The van der Waals surface area contributed by atoms with Gasteiger partial charge in [-0.05, 0) is 18.2 Å². The summed E-state index contributed by atoms with van der Waals surface area (Å²) in [6.45, 7) is 0. The summed E-state index contributed by atoms with van der Waals surface area (Å²) in [7, 11) is -4.07. The summed E-state index contributed by atoms with van der Waals surface area (Å²) in [6.07, 6.45) is 0. The molecule has 0 amide bonds. The van der Waals surface area contributed by atoms with E-state index in [0.29, 0.717) is 0 Å². The Morgan fingerprint density at radius 2 is 1.73 bits per heavy atom. The first-order valence-electron chi connectivity index (χ1n) is 5.66. The number of sulfonamides is 1. The molecule has 0 bridgehead atoms. The molecule has 0 aliphatic carbocycles. The van der Waals surface area contributed by atoms with Gasteiger partial charge in [-0.15, -0.1) is 0 Å². The van der Waals surface area contributed by atoms with Crippen LogP contribution in [0.5, 0.6) is 5.75 Å². The summed E-state index contributed by atoms with van der Waals surface area (Å²) in [6, 6.07) is 6.89. The fourth-order valence-electron chi connectivity index (χ4n) is 1.60. The number of rotatable bonds is 4. The zero-order valence-electron chi connectivity index (χ0n) is 10.7. The van der Waals surface area contributed by atoms with Gasteiger partial charge in [-0.3, -0.25) is 14.8 Å². The van der Waals surface area contributed by atoms with E-state index in [1.54, 1.807) is 0 Å². The maximum Gasteiger partial charge on any atom is 0.270 e. The Morgan fingerprint density at radius 1 is 1.14 bits per heavy atom. The third-order valence-electron chi connectivity index (χ3n) is 2.61. The van der Waals surface area contributed by atoms with Crippen LogP contribution in [0.15, 0.2) is 41.3 Å². The van der Waals surface area contributed by atoms with Crippen LogP contribution in [0.1, 0.15) is 0 Å². The molecule has 0 saturated heterocycles. The number of phenols is 1. The number of nitrogens with one attached hydrogen (secondary N) is 1. The molecular formula is C12H8Cl2N2O5S. The molecule has 0 fully saturated rings. The first-order chi connectivity index (χ1) is 10.2. The molecule has 0 aliphatic rings.